The first-order valence-corrected chi connectivity index (χ1v) is 8.31. The van der Waals surface area contributed by atoms with Crippen molar-refractivity contribution in [3.8, 4) is 0 Å². The fraction of sp³-hybridized carbons (Fsp3) is 0.611. The van der Waals surface area contributed by atoms with Crippen LogP contribution in [0.1, 0.15) is 41.6 Å². The highest BCUT2D eigenvalue weighted by Crippen LogP contribution is 2.19. The van der Waals surface area contributed by atoms with E-state index in [0.29, 0.717) is 13.1 Å². The largest absolute Gasteiger partial charge is 0.376 e. The van der Waals surface area contributed by atoms with Crippen LogP contribution in [0.4, 0.5) is 0 Å². The van der Waals surface area contributed by atoms with Crippen LogP contribution in [0.25, 0.3) is 0 Å². The molecule has 0 saturated carbocycles. The summed E-state index contributed by atoms with van der Waals surface area (Å²) >= 11 is 0. The monoisotopic (exact) mass is 303 g/mol. The van der Waals surface area contributed by atoms with Gasteiger partial charge in [-0.3, -0.25) is 4.79 Å². The quantitative estimate of drug-likeness (QED) is 0.839. The van der Waals surface area contributed by atoms with Gasteiger partial charge < -0.3 is 14.4 Å². The van der Waals surface area contributed by atoms with E-state index in [0.717, 1.165) is 44.5 Å². The predicted octanol–water partition coefficient (Wildman–Crippen LogP) is 2.80. The zero-order chi connectivity index (χ0) is 15.4. The summed E-state index contributed by atoms with van der Waals surface area (Å²) in [6, 6.07) is 7.80. The zero-order valence-corrected chi connectivity index (χ0v) is 13.3. The Morgan fingerprint density at radius 1 is 1.05 bits per heavy atom. The van der Waals surface area contributed by atoms with Gasteiger partial charge in [0.2, 0.25) is 0 Å². The Bertz CT molecular complexity index is 470. The Balaban J connectivity index is 1.70. The molecule has 1 aromatic rings. The molecule has 4 heteroatoms. The van der Waals surface area contributed by atoms with Gasteiger partial charge in [-0.1, -0.05) is 17.7 Å². The maximum absolute atomic E-state index is 12.8. The fourth-order valence-electron chi connectivity index (χ4n) is 3.19. The van der Waals surface area contributed by atoms with Gasteiger partial charge in [-0.05, 0) is 44.7 Å². The molecule has 0 spiro atoms. The predicted molar refractivity (Wildman–Crippen MR) is 85.0 cm³/mol. The average Bonchev–Trinajstić information content (AvgIpc) is 3.20. The van der Waals surface area contributed by atoms with Crippen LogP contribution in [0, 0.1) is 6.92 Å². The van der Waals surface area contributed by atoms with E-state index in [2.05, 4.69) is 0 Å². The molecule has 2 aliphatic rings. The molecule has 1 aromatic carbocycles. The number of benzene rings is 1. The second kappa shape index (κ2) is 7.25. The van der Waals surface area contributed by atoms with Crippen molar-refractivity contribution >= 4 is 5.91 Å². The summed E-state index contributed by atoms with van der Waals surface area (Å²) in [5, 5.41) is 0. The maximum atomic E-state index is 12.8. The van der Waals surface area contributed by atoms with Gasteiger partial charge in [-0.2, -0.15) is 0 Å². The van der Waals surface area contributed by atoms with E-state index in [1.165, 1.54) is 5.56 Å². The summed E-state index contributed by atoms with van der Waals surface area (Å²) in [5.41, 5.74) is 1.92. The van der Waals surface area contributed by atoms with E-state index < -0.39 is 0 Å². The highest BCUT2D eigenvalue weighted by Gasteiger charge is 2.27. The molecule has 2 fully saturated rings. The van der Waals surface area contributed by atoms with Crippen molar-refractivity contribution in [1.82, 2.24) is 4.90 Å². The van der Waals surface area contributed by atoms with E-state index in [4.69, 9.17) is 9.47 Å². The van der Waals surface area contributed by atoms with E-state index in [9.17, 15) is 4.79 Å². The Hall–Kier alpha value is -1.39. The lowest BCUT2D eigenvalue weighted by Gasteiger charge is -2.28. The Kier molecular flexibility index (Phi) is 5.11. The number of carbonyl (C=O) groups is 1. The molecule has 4 nitrogen and oxygen atoms in total. The molecule has 1 amide bonds. The Morgan fingerprint density at radius 2 is 1.59 bits per heavy atom. The van der Waals surface area contributed by atoms with Gasteiger partial charge in [-0.15, -0.1) is 0 Å². The van der Waals surface area contributed by atoms with Crippen molar-refractivity contribution in [2.45, 2.75) is 44.8 Å². The standard InChI is InChI=1S/C18H25NO3/c1-14-6-8-15(9-7-14)18(20)19(12-16-4-2-10-21-16)13-17-5-3-11-22-17/h6-9,16-17H,2-5,10-13H2,1H3/t16-,17-/m0/s1. The van der Waals surface area contributed by atoms with Crippen molar-refractivity contribution in [1.29, 1.82) is 0 Å². The third-order valence-corrected chi connectivity index (χ3v) is 4.48. The van der Waals surface area contributed by atoms with Crippen LogP contribution in [0.5, 0.6) is 0 Å². The van der Waals surface area contributed by atoms with Crippen LogP contribution in [0.15, 0.2) is 24.3 Å². The highest BCUT2D eigenvalue weighted by atomic mass is 16.5. The highest BCUT2D eigenvalue weighted by molar-refractivity contribution is 5.94. The number of hydrogen-bond donors (Lipinski definition) is 0. The fourth-order valence-corrected chi connectivity index (χ4v) is 3.19. The second-order valence-electron chi connectivity index (χ2n) is 6.35. The van der Waals surface area contributed by atoms with Gasteiger partial charge >= 0.3 is 0 Å². The molecular formula is C18H25NO3. The summed E-state index contributed by atoms with van der Waals surface area (Å²) in [6.07, 6.45) is 4.63. The van der Waals surface area contributed by atoms with Crippen molar-refractivity contribution in [2.75, 3.05) is 26.3 Å². The van der Waals surface area contributed by atoms with Crippen molar-refractivity contribution in [3.05, 3.63) is 35.4 Å². The number of ether oxygens (including phenoxy) is 2. The van der Waals surface area contributed by atoms with Gasteiger partial charge in [0.25, 0.3) is 5.91 Å². The third-order valence-electron chi connectivity index (χ3n) is 4.48. The van der Waals surface area contributed by atoms with Crippen LogP contribution in [0.2, 0.25) is 0 Å². The molecule has 120 valence electrons. The summed E-state index contributed by atoms with van der Waals surface area (Å²) in [6.45, 7) is 5.01. The minimum Gasteiger partial charge on any atom is -0.376 e. The number of aryl methyl sites for hydroxylation is 1. The van der Waals surface area contributed by atoms with Gasteiger partial charge in [0.05, 0.1) is 12.2 Å². The van der Waals surface area contributed by atoms with E-state index in [-0.39, 0.29) is 18.1 Å². The molecule has 0 unspecified atom stereocenters. The van der Waals surface area contributed by atoms with Crippen LogP contribution < -0.4 is 0 Å². The van der Waals surface area contributed by atoms with Gasteiger partial charge in [-0.25, -0.2) is 0 Å². The van der Waals surface area contributed by atoms with Crippen molar-refractivity contribution < 1.29 is 14.3 Å². The van der Waals surface area contributed by atoms with E-state index in [1.807, 2.05) is 36.1 Å². The molecule has 2 aliphatic heterocycles. The van der Waals surface area contributed by atoms with E-state index >= 15 is 0 Å². The molecule has 2 atom stereocenters. The van der Waals surface area contributed by atoms with Crippen LogP contribution >= 0.6 is 0 Å². The molecule has 22 heavy (non-hydrogen) atoms. The first-order chi connectivity index (χ1) is 10.7. The number of hydrogen-bond acceptors (Lipinski definition) is 3. The van der Waals surface area contributed by atoms with Crippen LogP contribution in [-0.4, -0.2) is 49.3 Å². The molecule has 0 aromatic heterocycles. The minimum atomic E-state index is 0.0889. The first-order valence-electron chi connectivity index (χ1n) is 8.31. The summed E-state index contributed by atoms with van der Waals surface area (Å²) in [4.78, 5) is 14.8. The molecule has 2 saturated heterocycles. The minimum absolute atomic E-state index is 0.0889. The molecule has 0 aliphatic carbocycles. The van der Waals surface area contributed by atoms with Gasteiger partial charge in [0.1, 0.15) is 0 Å². The number of amides is 1. The molecule has 0 radical (unpaired) electrons. The normalized spacial score (nSPS) is 24.6. The average molecular weight is 303 g/mol. The maximum Gasteiger partial charge on any atom is 0.254 e. The Labute approximate surface area is 132 Å². The molecule has 0 bridgehead atoms. The van der Waals surface area contributed by atoms with Gasteiger partial charge in [0.15, 0.2) is 0 Å². The lowest BCUT2D eigenvalue weighted by atomic mass is 10.1. The van der Waals surface area contributed by atoms with E-state index in [1.54, 1.807) is 0 Å². The summed E-state index contributed by atoms with van der Waals surface area (Å²) in [5.74, 6) is 0.0889. The van der Waals surface area contributed by atoms with Gasteiger partial charge in [0, 0.05) is 31.9 Å². The number of rotatable bonds is 5. The lowest BCUT2D eigenvalue weighted by molar-refractivity contribution is 0.0307. The third kappa shape index (κ3) is 3.87. The molecule has 3 rings (SSSR count). The molecule has 2 heterocycles. The number of carbonyl (C=O) groups excluding carboxylic acids is 1. The Morgan fingerprint density at radius 3 is 2.05 bits per heavy atom. The smallest absolute Gasteiger partial charge is 0.254 e. The SMILES string of the molecule is Cc1ccc(C(=O)N(C[C@@H]2CCCO2)C[C@@H]2CCCO2)cc1. The lowest BCUT2D eigenvalue weighted by Crippen LogP contribution is -2.42. The number of nitrogens with zero attached hydrogens (tertiary/aromatic N) is 1. The van der Waals surface area contributed by atoms with Crippen molar-refractivity contribution in [2.24, 2.45) is 0 Å². The molecule has 0 N–H and O–H groups in total. The second-order valence-corrected chi connectivity index (χ2v) is 6.35. The molecular weight excluding hydrogens is 278 g/mol. The van der Waals surface area contributed by atoms with Crippen molar-refractivity contribution in [3.63, 3.8) is 0 Å². The van der Waals surface area contributed by atoms with Crippen LogP contribution in [0.3, 0.4) is 0 Å². The zero-order valence-electron chi connectivity index (χ0n) is 13.3. The first kappa shape index (κ1) is 15.5. The topological polar surface area (TPSA) is 38.8 Å². The summed E-state index contributed by atoms with van der Waals surface area (Å²) < 4.78 is 11.4. The summed E-state index contributed by atoms with van der Waals surface area (Å²) in [7, 11) is 0. The van der Waals surface area contributed by atoms with Crippen LogP contribution in [-0.2, 0) is 9.47 Å².